The molecule has 1 aliphatic rings. The summed E-state index contributed by atoms with van der Waals surface area (Å²) in [6.07, 6.45) is 0.992. The first-order valence-electron chi connectivity index (χ1n) is 10.8. The maximum atomic E-state index is 12.9. The Morgan fingerprint density at radius 3 is 2.58 bits per heavy atom. The van der Waals surface area contributed by atoms with Crippen molar-refractivity contribution in [2.75, 3.05) is 33.3 Å². The average Bonchev–Trinajstić information content (AvgIpc) is 3.48. The van der Waals surface area contributed by atoms with Crippen molar-refractivity contribution in [3.8, 4) is 11.5 Å². The summed E-state index contributed by atoms with van der Waals surface area (Å²) in [6, 6.07) is 13.8. The van der Waals surface area contributed by atoms with Crippen molar-refractivity contribution in [3.05, 3.63) is 53.9 Å². The number of methoxy groups -OCH3 is 1. The molecule has 0 unspecified atom stereocenters. The number of nitrogens with zero attached hydrogens (tertiary/aromatic N) is 3. The van der Waals surface area contributed by atoms with E-state index < -0.39 is 0 Å². The molecule has 1 fully saturated rings. The highest BCUT2D eigenvalue weighted by Gasteiger charge is 2.31. The van der Waals surface area contributed by atoms with E-state index in [0.29, 0.717) is 17.5 Å². The fourth-order valence-electron chi connectivity index (χ4n) is 4.30. The molecular formula is C24H29N3O4. The quantitative estimate of drug-likeness (QED) is 0.546. The average molecular weight is 424 g/mol. The summed E-state index contributed by atoms with van der Waals surface area (Å²) in [5.41, 5.74) is 0.332. The Hall–Kier alpha value is -3.06. The number of rotatable bonds is 8. The highest BCUT2D eigenvalue weighted by molar-refractivity contribution is 5.93. The molecule has 0 aliphatic carbocycles. The summed E-state index contributed by atoms with van der Waals surface area (Å²) in [6.45, 7) is 7.98. The number of carbonyl (C=O) groups excluding carboxylic acids is 1. The maximum Gasteiger partial charge on any atom is 0.276 e. The molecule has 1 atom stereocenters. The van der Waals surface area contributed by atoms with Gasteiger partial charge in [-0.25, -0.2) is 0 Å². The lowest BCUT2D eigenvalue weighted by Crippen LogP contribution is -2.38. The van der Waals surface area contributed by atoms with E-state index in [0.717, 1.165) is 54.9 Å². The highest BCUT2D eigenvalue weighted by Crippen LogP contribution is 2.33. The monoisotopic (exact) mass is 423 g/mol. The second-order valence-corrected chi connectivity index (χ2v) is 7.69. The summed E-state index contributed by atoms with van der Waals surface area (Å²) < 4.78 is 16.8. The van der Waals surface area contributed by atoms with E-state index in [1.54, 1.807) is 13.2 Å². The van der Waals surface area contributed by atoms with Crippen LogP contribution in [0, 0.1) is 0 Å². The SMILES string of the molecule is CCN(CC)[C@@H]1CCN(C(=O)c2cc(COc3ccc(OC)c4ccccc34)on2)C1. The zero-order valence-corrected chi connectivity index (χ0v) is 18.3. The minimum absolute atomic E-state index is 0.0837. The molecule has 31 heavy (non-hydrogen) atoms. The molecule has 3 aromatic rings. The largest absolute Gasteiger partial charge is 0.496 e. The van der Waals surface area contributed by atoms with Crippen molar-refractivity contribution >= 4 is 16.7 Å². The second kappa shape index (κ2) is 9.39. The van der Waals surface area contributed by atoms with Gasteiger partial charge in [0.1, 0.15) is 18.1 Å². The number of aromatic nitrogens is 1. The van der Waals surface area contributed by atoms with Gasteiger partial charge in [0, 0.05) is 36.0 Å². The number of carbonyl (C=O) groups is 1. The molecule has 1 amide bonds. The second-order valence-electron chi connectivity index (χ2n) is 7.69. The summed E-state index contributed by atoms with van der Waals surface area (Å²) >= 11 is 0. The molecule has 0 spiro atoms. The molecule has 1 aliphatic heterocycles. The number of benzene rings is 2. The van der Waals surface area contributed by atoms with Gasteiger partial charge in [0.05, 0.1) is 7.11 Å². The standard InChI is InChI=1S/C24H29N3O4/c1-4-26(5-2)17-12-13-27(15-17)24(28)21-14-18(31-25-21)16-30-23-11-10-22(29-3)19-8-6-7-9-20(19)23/h6-11,14,17H,4-5,12-13,15-16H2,1-3H3/t17-/m1/s1. The van der Waals surface area contributed by atoms with Gasteiger partial charge in [0.15, 0.2) is 11.5 Å². The number of hydrogen-bond donors (Lipinski definition) is 0. The zero-order valence-electron chi connectivity index (χ0n) is 18.3. The van der Waals surface area contributed by atoms with Crippen LogP contribution in [0.15, 0.2) is 47.0 Å². The Morgan fingerprint density at radius 1 is 1.16 bits per heavy atom. The van der Waals surface area contributed by atoms with Crippen LogP contribution in [0.2, 0.25) is 0 Å². The van der Waals surface area contributed by atoms with Crippen LogP contribution in [-0.2, 0) is 6.61 Å². The van der Waals surface area contributed by atoms with Crippen LogP contribution in [0.1, 0.15) is 36.5 Å². The summed E-state index contributed by atoms with van der Waals surface area (Å²) in [4.78, 5) is 17.1. The van der Waals surface area contributed by atoms with Crippen LogP contribution in [0.25, 0.3) is 10.8 Å². The molecule has 0 radical (unpaired) electrons. The third-order valence-electron chi connectivity index (χ3n) is 5.99. The first-order chi connectivity index (χ1) is 15.1. The van der Waals surface area contributed by atoms with E-state index in [-0.39, 0.29) is 12.5 Å². The molecule has 1 saturated heterocycles. The summed E-state index contributed by atoms with van der Waals surface area (Å²) in [5, 5.41) is 5.93. The van der Waals surface area contributed by atoms with E-state index in [1.165, 1.54) is 0 Å². The van der Waals surface area contributed by atoms with E-state index in [1.807, 2.05) is 41.3 Å². The van der Waals surface area contributed by atoms with Crippen LogP contribution in [0.4, 0.5) is 0 Å². The zero-order chi connectivity index (χ0) is 21.8. The van der Waals surface area contributed by atoms with E-state index in [4.69, 9.17) is 14.0 Å². The molecule has 4 rings (SSSR count). The molecule has 0 N–H and O–H groups in total. The van der Waals surface area contributed by atoms with Crippen molar-refractivity contribution in [1.29, 1.82) is 0 Å². The number of hydrogen-bond acceptors (Lipinski definition) is 6. The number of ether oxygens (including phenoxy) is 2. The van der Waals surface area contributed by atoms with Crippen molar-refractivity contribution in [2.45, 2.75) is 32.9 Å². The lowest BCUT2D eigenvalue weighted by atomic mass is 10.1. The van der Waals surface area contributed by atoms with Gasteiger partial charge in [-0.3, -0.25) is 9.69 Å². The summed E-state index contributed by atoms with van der Waals surface area (Å²) in [7, 11) is 1.65. The van der Waals surface area contributed by atoms with Gasteiger partial charge in [-0.1, -0.05) is 43.3 Å². The Morgan fingerprint density at radius 2 is 1.87 bits per heavy atom. The highest BCUT2D eigenvalue weighted by atomic mass is 16.5. The van der Waals surface area contributed by atoms with Gasteiger partial charge in [0.25, 0.3) is 5.91 Å². The van der Waals surface area contributed by atoms with Gasteiger partial charge < -0.3 is 18.9 Å². The Kier molecular flexibility index (Phi) is 6.42. The Balaban J connectivity index is 1.41. The Labute approximate surface area is 182 Å². The van der Waals surface area contributed by atoms with E-state index in [2.05, 4.69) is 23.9 Å². The van der Waals surface area contributed by atoms with Crippen molar-refractivity contribution < 1.29 is 18.8 Å². The Bertz CT molecular complexity index is 1040. The number of fused-ring (bicyclic) bond motifs is 1. The molecule has 2 aromatic carbocycles. The molecule has 0 saturated carbocycles. The topological polar surface area (TPSA) is 68.0 Å². The third kappa shape index (κ3) is 4.37. The minimum atomic E-state index is -0.0837. The predicted molar refractivity (Wildman–Crippen MR) is 119 cm³/mol. The van der Waals surface area contributed by atoms with Gasteiger partial charge in [-0.05, 0) is 31.6 Å². The van der Waals surface area contributed by atoms with Crippen LogP contribution in [-0.4, -0.2) is 60.2 Å². The van der Waals surface area contributed by atoms with Crippen molar-refractivity contribution in [1.82, 2.24) is 15.0 Å². The minimum Gasteiger partial charge on any atom is -0.496 e. The van der Waals surface area contributed by atoms with E-state index in [9.17, 15) is 4.79 Å². The molecule has 1 aromatic heterocycles. The first-order valence-corrected chi connectivity index (χ1v) is 10.8. The molecule has 7 nitrogen and oxygen atoms in total. The van der Waals surface area contributed by atoms with Gasteiger partial charge in [-0.2, -0.15) is 0 Å². The predicted octanol–water partition coefficient (Wildman–Crippen LogP) is 3.97. The van der Waals surface area contributed by atoms with E-state index >= 15 is 0 Å². The lowest BCUT2D eigenvalue weighted by Gasteiger charge is -2.25. The van der Waals surface area contributed by atoms with Crippen LogP contribution >= 0.6 is 0 Å². The number of amides is 1. The van der Waals surface area contributed by atoms with Crippen molar-refractivity contribution in [3.63, 3.8) is 0 Å². The fraction of sp³-hybridized carbons (Fsp3) is 0.417. The van der Waals surface area contributed by atoms with Crippen molar-refractivity contribution in [2.24, 2.45) is 0 Å². The first kappa shape index (κ1) is 21.2. The fourth-order valence-corrected chi connectivity index (χ4v) is 4.30. The molecule has 164 valence electrons. The molecular weight excluding hydrogens is 394 g/mol. The lowest BCUT2D eigenvalue weighted by molar-refractivity contribution is 0.0767. The molecule has 2 heterocycles. The molecule has 7 heteroatoms. The third-order valence-corrected chi connectivity index (χ3v) is 5.99. The molecule has 0 bridgehead atoms. The van der Waals surface area contributed by atoms with Crippen LogP contribution in [0.3, 0.4) is 0 Å². The summed E-state index contributed by atoms with van der Waals surface area (Å²) in [5.74, 6) is 1.95. The van der Waals surface area contributed by atoms with Gasteiger partial charge in [-0.15, -0.1) is 0 Å². The van der Waals surface area contributed by atoms with Gasteiger partial charge >= 0.3 is 0 Å². The smallest absolute Gasteiger partial charge is 0.276 e. The number of likely N-dealkylation sites (N-methyl/N-ethyl adjacent to an activating group) is 1. The maximum absolute atomic E-state index is 12.9. The normalized spacial score (nSPS) is 16.3. The number of likely N-dealkylation sites (tertiary alicyclic amines) is 1. The van der Waals surface area contributed by atoms with Gasteiger partial charge in [0.2, 0.25) is 0 Å². The van der Waals surface area contributed by atoms with Crippen LogP contribution < -0.4 is 9.47 Å². The van der Waals surface area contributed by atoms with Crippen LogP contribution in [0.5, 0.6) is 11.5 Å².